The van der Waals surface area contributed by atoms with Crippen LogP contribution >= 0.6 is 11.6 Å². The van der Waals surface area contributed by atoms with E-state index in [1.165, 1.54) is 24.3 Å². The summed E-state index contributed by atoms with van der Waals surface area (Å²) < 4.78 is 23.9. The van der Waals surface area contributed by atoms with Crippen LogP contribution in [0.1, 0.15) is 11.3 Å². The smallest absolute Gasteiger partial charge is 0.123 e. The third-order valence-corrected chi connectivity index (χ3v) is 4.21. The van der Waals surface area contributed by atoms with Crippen molar-refractivity contribution in [2.75, 3.05) is 13.2 Å². The zero-order valence-electron chi connectivity index (χ0n) is 14.7. The molecule has 1 unspecified atom stereocenters. The molecule has 0 amide bonds. The van der Waals surface area contributed by atoms with Crippen molar-refractivity contribution in [3.63, 3.8) is 0 Å². The van der Waals surface area contributed by atoms with Gasteiger partial charge in [-0.05, 0) is 54.1 Å². The minimum absolute atomic E-state index is 0.107. The van der Waals surface area contributed by atoms with Crippen molar-refractivity contribution in [1.82, 2.24) is 4.90 Å². The van der Waals surface area contributed by atoms with E-state index in [1.807, 2.05) is 36.4 Å². The Morgan fingerprint density at radius 2 is 1.89 bits per heavy atom. The SMILES string of the molecule is OC(COc1ccc(F)cc1)CN(Cc1cccc(Cl)c1)Cc1ccco1. The van der Waals surface area contributed by atoms with Gasteiger partial charge in [-0.15, -0.1) is 0 Å². The predicted molar refractivity (Wildman–Crippen MR) is 102 cm³/mol. The Bertz CT molecular complexity index is 824. The molecule has 1 atom stereocenters. The first-order valence-electron chi connectivity index (χ1n) is 8.64. The van der Waals surface area contributed by atoms with E-state index in [1.54, 1.807) is 6.26 Å². The molecule has 3 rings (SSSR count). The van der Waals surface area contributed by atoms with Gasteiger partial charge in [-0.2, -0.15) is 0 Å². The van der Waals surface area contributed by atoms with Crippen LogP contribution in [0.2, 0.25) is 5.02 Å². The Morgan fingerprint density at radius 3 is 2.59 bits per heavy atom. The summed E-state index contributed by atoms with van der Waals surface area (Å²) in [4.78, 5) is 2.06. The lowest BCUT2D eigenvalue weighted by Gasteiger charge is -2.24. The van der Waals surface area contributed by atoms with Gasteiger partial charge in [-0.1, -0.05) is 23.7 Å². The van der Waals surface area contributed by atoms with E-state index in [9.17, 15) is 9.50 Å². The number of furan rings is 1. The zero-order valence-corrected chi connectivity index (χ0v) is 15.5. The van der Waals surface area contributed by atoms with Crippen LogP contribution in [0.3, 0.4) is 0 Å². The fraction of sp³-hybridized carbons (Fsp3) is 0.238. The van der Waals surface area contributed by atoms with E-state index >= 15 is 0 Å². The van der Waals surface area contributed by atoms with Crippen molar-refractivity contribution < 1.29 is 18.7 Å². The van der Waals surface area contributed by atoms with Crippen LogP contribution in [-0.2, 0) is 13.1 Å². The molecule has 0 aliphatic carbocycles. The van der Waals surface area contributed by atoms with E-state index in [4.69, 9.17) is 20.8 Å². The average molecular weight is 390 g/mol. The molecule has 2 aromatic carbocycles. The molecule has 0 bridgehead atoms. The van der Waals surface area contributed by atoms with Crippen molar-refractivity contribution in [1.29, 1.82) is 0 Å². The van der Waals surface area contributed by atoms with Gasteiger partial charge < -0.3 is 14.3 Å². The topological polar surface area (TPSA) is 45.8 Å². The molecule has 0 spiro atoms. The normalized spacial score (nSPS) is 12.3. The Hall–Kier alpha value is -2.34. The monoisotopic (exact) mass is 389 g/mol. The summed E-state index contributed by atoms with van der Waals surface area (Å²) in [5, 5.41) is 11.1. The molecule has 1 N–H and O–H groups in total. The summed E-state index contributed by atoms with van der Waals surface area (Å²) in [6, 6.07) is 17.1. The van der Waals surface area contributed by atoms with E-state index in [2.05, 4.69) is 4.90 Å². The highest BCUT2D eigenvalue weighted by Gasteiger charge is 2.15. The van der Waals surface area contributed by atoms with Crippen LogP contribution < -0.4 is 4.74 Å². The number of ether oxygens (including phenoxy) is 1. The van der Waals surface area contributed by atoms with Crippen molar-refractivity contribution >= 4 is 11.6 Å². The molecule has 1 aromatic heterocycles. The lowest BCUT2D eigenvalue weighted by atomic mass is 10.2. The molecule has 0 radical (unpaired) electrons. The summed E-state index contributed by atoms with van der Waals surface area (Å²) in [6.07, 6.45) is 0.908. The molecule has 3 aromatic rings. The molecule has 0 saturated heterocycles. The van der Waals surface area contributed by atoms with Gasteiger partial charge in [-0.25, -0.2) is 4.39 Å². The first-order valence-corrected chi connectivity index (χ1v) is 9.02. The maximum Gasteiger partial charge on any atom is 0.123 e. The summed E-state index contributed by atoms with van der Waals surface area (Å²) in [7, 11) is 0. The Kier molecular flexibility index (Phi) is 6.87. The van der Waals surface area contributed by atoms with Crippen molar-refractivity contribution in [2.24, 2.45) is 0 Å². The van der Waals surface area contributed by atoms with Gasteiger partial charge in [0.25, 0.3) is 0 Å². The molecule has 27 heavy (non-hydrogen) atoms. The molecular weight excluding hydrogens is 369 g/mol. The first kappa shape index (κ1) is 19.4. The van der Waals surface area contributed by atoms with Gasteiger partial charge >= 0.3 is 0 Å². The fourth-order valence-electron chi connectivity index (χ4n) is 2.78. The third-order valence-electron chi connectivity index (χ3n) is 3.98. The number of nitrogens with zero attached hydrogens (tertiary/aromatic N) is 1. The summed E-state index contributed by atoms with van der Waals surface area (Å²) >= 11 is 6.07. The second-order valence-corrected chi connectivity index (χ2v) is 6.73. The first-order chi connectivity index (χ1) is 13.1. The van der Waals surface area contributed by atoms with Gasteiger partial charge in [0.05, 0.1) is 12.8 Å². The van der Waals surface area contributed by atoms with Crippen LogP contribution in [-0.4, -0.2) is 29.3 Å². The maximum absolute atomic E-state index is 12.9. The number of halogens is 2. The number of aliphatic hydroxyl groups excluding tert-OH is 1. The third kappa shape index (κ3) is 6.40. The minimum atomic E-state index is -0.718. The molecule has 0 aliphatic rings. The van der Waals surface area contributed by atoms with Crippen LogP contribution in [0, 0.1) is 5.82 Å². The number of aliphatic hydroxyl groups is 1. The molecular formula is C21H21ClFNO3. The Labute approximate surface area is 162 Å². The molecule has 1 heterocycles. The summed E-state index contributed by atoms with van der Waals surface area (Å²) in [5.41, 5.74) is 1.04. The predicted octanol–water partition coefficient (Wildman–Crippen LogP) is 4.51. The van der Waals surface area contributed by atoms with Crippen molar-refractivity contribution in [2.45, 2.75) is 19.2 Å². The largest absolute Gasteiger partial charge is 0.491 e. The summed E-state index contributed by atoms with van der Waals surface area (Å²) in [6.45, 7) is 1.65. The van der Waals surface area contributed by atoms with Gasteiger partial charge in [-0.3, -0.25) is 4.90 Å². The molecule has 0 aliphatic heterocycles. The van der Waals surface area contributed by atoms with E-state index in [-0.39, 0.29) is 12.4 Å². The molecule has 6 heteroatoms. The van der Waals surface area contributed by atoms with E-state index in [0.717, 1.165) is 11.3 Å². The second-order valence-electron chi connectivity index (χ2n) is 6.30. The standard InChI is InChI=1S/C21H21ClFNO3/c22-17-4-1-3-16(11-17)12-24(14-21-5-2-10-26-21)13-19(25)15-27-20-8-6-18(23)7-9-20/h1-11,19,25H,12-15H2. The Balaban J connectivity index is 1.60. The number of rotatable bonds is 9. The van der Waals surface area contributed by atoms with Crippen LogP contribution in [0.15, 0.2) is 71.3 Å². The van der Waals surface area contributed by atoms with Gasteiger partial charge in [0.1, 0.15) is 30.0 Å². The van der Waals surface area contributed by atoms with Crippen LogP contribution in [0.4, 0.5) is 4.39 Å². The number of benzene rings is 2. The molecule has 142 valence electrons. The lowest BCUT2D eigenvalue weighted by Crippen LogP contribution is -2.35. The van der Waals surface area contributed by atoms with Gasteiger partial charge in [0.15, 0.2) is 0 Å². The van der Waals surface area contributed by atoms with Crippen LogP contribution in [0.5, 0.6) is 5.75 Å². The van der Waals surface area contributed by atoms with Gasteiger partial charge in [0, 0.05) is 18.1 Å². The molecule has 0 saturated carbocycles. The quantitative estimate of drug-likeness (QED) is 0.584. The zero-order chi connectivity index (χ0) is 19.1. The minimum Gasteiger partial charge on any atom is -0.491 e. The van der Waals surface area contributed by atoms with E-state index in [0.29, 0.717) is 30.4 Å². The summed E-state index contributed by atoms with van der Waals surface area (Å²) in [5.74, 6) is 1.00. The second kappa shape index (κ2) is 9.55. The lowest BCUT2D eigenvalue weighted by molar-refractivity contribution is 0.0604. The molecule has 0 fully saturated rings. The molecule has 4 nitrogen and oxygen atoms in total. The van der Waals surface area contributed by atoms with Crippen molar-refractivity contribution in [3.8, 4) is 5.75 Å². The highest BCUT2D eigenvalue weighted by Crippen LogP contribution is 2.16. The fourth-order valence-corrected chi connectivity index (χ4v) is 2.99. The Morgan fingerprint density at radius 1 is 1.07 bits per heavy atom. The highest BCUT2D eigenvalue weighted by atomic mass is 35.5. The van der Waals surface area contributed by atoms with Crippen molar-refractivity contribution in [3.05, 3.63) is 89.1 Å². The number of hydrogen-bond acceptors (Lipinski definition) is 4. The van der Waals surface area contributed by atoms with Gasteiger partial charge in [0.2, 0.25) is 0 Å². The highest BCUT2D eigenvalue weighted by molar-refractivity contribution is 6.30. The number of hydrogen-bond donors (Lipinski definition) is 1. The van der Waals surface area contributed by atoms with Crippen LogP contribution in [0.25, 0.3) is 0 Å². The van der Waals surface area contributed by atoms with E-state index < -0.39 is 6.10 Å². The average Bonchev–Trinajstić information content (AvgIpc) is 3.14. The maximum atomic E-state index is 12.9.